The third kappa shape index (κ3) is 5.04. The van der Waals surface area contributed by atoms with Crippen LogP contribution in [-0.4, -0.2) is 25.5 Å². The van der Waals surface area contributed by atoms with Crippen molar-refractivity contribution in [3.63, 3.8) is 0 Å². The Bertz CT molecular complexity index is 135. The molecule has 0 spiro atoms. The molecule has 0 heterocycles. The lowest BCUT2D eigenvalue weighted by Gasteiger charge is -2.00. The van der Waals surface area contributed by atoms with Gasteiger partial charge in [0, 0.05) is 14.0 Å². The second kappa shape index (κ2) is 4.75. The van der Waals surface area contributed by atoms with Crippen molar-refractivity contribution >= 4 is 11.8 Å². The molecule has 0 aliphatic rings. The van der Waals surface area contributed by atoms with Crippen LogP contribution in [0.4, 0.5) is 0 Å². The van der Waals surface area contributed by atoms with Gasteiger partial charge >= 0.3 is 0 Å². The Balaban J connectivity index is 3.20. The van der Waals surface area contributed by atoms with Gasteiger partial charge in [-0.25, -0.2) is 5.48 Å². The molecule has 0 radical (unpaired) electrons. The van der Waals surface area contributed by atoms with E-state index in [4.69, 9.17) is 0 Å². The first kappa shape index (κ1) is 8.90. The van der Waals surface area contributed by atoms with E-state index in [1.807, 2.05) is 5.48 Å². The molecule has 5 heteroatoms. The molecule has 0 aromatic heterocycles. The minimum atomic E-state index is -0.330. The Kier molecular flexibility index (Phi) is 4.23. The van der Waals surface area contributed by atoms with Crippen LogP contribution in [0.1, 0.15) is 6.92 Å². The van der Waals surface area contributed by atoms with Crippen molar-refractivity contribution in [2.45, 2.75) is 6.92 Å². The Morgan fingerprint density at radius 1 is 1.50 bits per heavy atom. The summed E-state index contributed by atoms with van der Waals surface area (Å²) in [6.45, 7) is 1.14. The molecule has 0 unspecified atom stereocenters. The Hall–Kier alpha value is -1.10. The van der Waals surface area contributed by atoms with Gasteiger partial charge in [0.15, 0.2) is 6.61 Å². The van der Waals surface area contributed by atoms with Gasteiger partial charge in [-0.3, -0.25) is 14.4 Å². The number of amides is 2. The summed E-state index contributed by atoms with van der Waals surface area (Å²) in [5.41, 5.74) is 2.01. The summed E-state index contributed by atoms with van der Waals surface area (Å²) in [7, 11) is 1.49. The molecule has 10 heavy (non-hydrogen) atoms. The molecule has 0 bridgehead atoms. The van der Waals surface area contributed by atoms with Gasteiger partial charge in [0.2, 0.25) is 11.8 Å². The van der Waals surface area contributed by atoms with E-state index in [1.54, 1.807) is 0 Å². The predicted molar refractivity (Wildman–Crippen MR) is 33.8 cm³/mol. The molecule has 0 atom stereocenters. The van der Waals surface area contributed by atoms with Crippen LogP contribution in [-0.2, 0) is 14.4 Å². The van der Waals surface area contributed by atoms with Crippen LogP contribution in [0.25, 0.3) is 0 Å². The van der Waals surface area contributed by atoms with Gasteiger partial charge in [-0.15, -0.1) is 0 Å². The molecule has 0 aliphatic heterocycles. The maximum absolute atomic E-state index is 10.4. The average Bonchev–Trinajstić information content (AvgIpc) is 1.87. The minimum Gasteiger partial charge on any atom is -0.357 e. The van der Waals surface area contributed by atoms with Crippen molar-refractivity contribution in [2.24, 2.45) is 0 Å². The quantitative estimate of drug-likeness (QED) is 0.491. The van der Waals surface area contributed by atoms with E-state index >= 15 is 0 Å². The van der Waals surface area contributed by atoms with Crippen LogP contribution < -0.4 is 10.8 Å². The van der Waals surface area contributed by atoms with Crippen LogP contribution >= 0.6 is 0 Å². The van der Waals surface area contributed by atoms with Crippen LogP contribution in [0.3, 0.4) is 0 Å². The van der Waals surface area contributed by atoms with Gasteiger partial charge in [0.05, 0.1) is 0 Å². The van der Waals surface area contributed by atoms with E-state index in [0.29, 0.717) is 0 Å². The van der Waals surface area contributed by atoms with Crippen LogP contribution in [0, 0.1) is 0 Å². The molecule has 0 aliphatic carbocycles. The fourth-order valence-corrected chi connectivity index (χ4v) is 0.275. The van der Waals surface area contributed by atoms with Crippen molar-refractivity contribution in [2.75, 3.05) is 13.7 Å². The first-order chi connectivity index (χ1) is 4.66. The number of hydrogen-bond acceptors (Lipinski definition) is 3. The monoisotopic (exact) mass is 146 g/mol. The minimum absolute atomic E-state index is 0.157. The Labute approximate surface area is 58.7 Å². The summed E-state index contributed by atoms with van der Waals surface area (Å²) < 4.78 is 0. The van der Waals surface area contributed by atoms with Gasteiger partial charge < -0.3 is 5.32 Å². The van der Waals surface area contributed by atoms with E-state index in [-0.39, 0.29) is 18.4 Å². The number of hydroxylamine groups is 1. The highest BCUT2D eigenvalue weighted by Crippen LogP contribution is 1.67. The number of carbonyl (C=O) groups excluding carboxylic acids is 2. The fraction of sp³-hybridized carbons (Fsp3) is 0.600. The van der Waals surface area contributed by atoms with E-state index in [1.165, 1.54) is 14.0 Å². The van der Waals surface area contributed by atoms with Crippen molar-refractivity contribution in [1.82, 2.24) is 10.8 Å². The van der Waals surface area contributed by atoms with Gasteiger partial charge in [-0.1, -0.05) is 0 Å². The molecule has 0 saturated carbocycles. The zero-order valence-corrected chi connectivity index (χ0v) is 5.93. The molecule has 0 rings (SSSR count). The van der Waals surface area contributed by atoms with Gasteiger partial charge in [0.1, 0.15) is 0 Å². The predicted octanol–water partition coefficient (Wildman–Crippen LogP) is -1.20. The molecule has 0 saturated heterocycles. The molecule has 58 valence electrons. The number of likely N-dealkylation sites (N-methyl/N-ethyl adjacent to an activating group) is 1. The third-order valence-corrected chi connectivity index (χ3v) is 0.698. The summed E-state index contributed by atoms with van der Waals surface area (Å²) in [4.78, 5) is 25.0. The highest BCUT2D eigenvalue weighted by molar-refractivity contribution is 5.77. The summed E-state index contributed by atoms with van der Waals surface area (Å²) >= 11 is 0. The van der Waals surface area contributed by atoms with Crippen molar-refractivity contribution < 1.29 is 14.4 Å². The van der Waals surface area contributed by atoms with E-state index in [2.05, 4.69) is 10.2 Å². The number of rotatable bonds is 3. The van der Waals surface area contributed by atoms with Gasteiger partial charge in [-0.2, -0.15) is 0 Å². The highest BCUT2D eigenvalue weighted by Gasteiger charge is 1.96. The summed E-state index contributed by atoms with van der Waals surface area (Å²) in [5.74, 6) is -0.613. The first-order valence-corrected chi connectivity index (χ1v) is 2.75. The molecule has 2 N–H and O–H groups in total. The van der Waals surface area contributed by atoms with Crippen LogP contribution in [0.15, 0.2) is 0 Å². The Morgan fingerprint density at radius 3 is 2.50 bits per heavy atom. The first-order valence-electron chi connectivity index (χ1n) is 2.75. The van der Waals surface area contributed by atoms with Crippen LogP contribution in [0.5, 0.6) is 0 Å². The third-order valence-electron chi connectivity index (χ3n) is 0.698. The van der Waals surface area contributed by atoms with Gasteiger partial charge in [-0.05, 0) is 0 Å². The second-order valence-corrected chi connectivity index (χ2v) is 1.62. The van der Waals surface area contributed by atoms with Crippen molar-refractivity contribution in [3.8, 4) is 0 Å². The standard InChI is InChI=1S/C5H10N2O3/c1-4(8)7-10-3-5(9)6-2/h3H2,1-2H3,(H,6,9)(H,7,8). The normalized spacial score (nSPS) is 8.60. The molecule has 0 aromatic rings. The largest absolute Gasteiger partial charge is 0.357 e. The zero-order valence-electron chi connectivity index (χ0n) is 5.93. The maximum atomic E-state index is 10.4. The molecular weight excluding hydrogens is 136 g/mol. The SMILES string of the molecule is CNC(=O)CONC(C)=O. The zero-order chi connectivity index (χ0) is 7.98. The lowest BCUT2D eigenvalue weighted by molar-refractivity contribution is -0.137. The summed E-state index contributed by atoms with van der Waals surface area (Å²) in [5, 5.41) is 2.32. The summed E-state index contributed by atoms with van der Waals surface area (Å²) in [6, 6.07) is 0. The van der Waals surface area contributed by atoms with Crippen LogP contribution in [0.2, 0.25) is 0 Å². The van der Waals surface area contributed by atoms with Crippen molar-refractivity contribution in [1.29, 1.82) is 0 Å². The Morgan fingerprint density at radius 2 is 2.10 bits per heavy atom. The molecular formula is C5H10N2O3. The topological polar surface area (TPSA) is 67.4 Å². The number of carbonyl (C=O) groups is 2. The molecule has 5 nitrogen and oxygen atoms in total. The van der Waals surface area contributed by atoms with E-state index in [0.717, 1.165) is 0 Å². The molecule has 0 aromatic carbocycles. The average molecular weight is 146 g/mol. The number of hydrogen-bond donors (Lipinski definition) is 2. The van der Waals surface area contributed by atoms with Gasteiger partial charge in [0.25, 0.3) is 0 Å². The second-order valence-electron chi connectivity index (χ2n) is 1.62. The lowest BCUT2D eigenvalue weighted by Crippen LogP contribution is -2.29. The van der Waals surface area contributed by atoms with E-state index < -0.39 is 0 Å². The maximum Gasteiger partial charge on any atom is 0.248 e. The highest BCUT2D eigenvalue weighted by atomic mass is 16.7. The van der Waals surface area contributed by atoms with Crippen molar-refractivity contribution in [3.05, 3.63) is 0 Å². The smallest absolute Gasteiger partial charge is 0.248 e. The number of nitrogens with one attached hydrogen (secondary N) is 2. The molecule has 2 amide bonds. The fourth-order valence-electron chi connectivity index (χ4n) is 0.275. The molecule has 0 fully saturated rings. The van der Waals surface area contributed by atoms with E-state index in [9.17, 15) is 9.59 Å². The lowest BCUT2D eigenvalue weighted by atomic mass is 10.7. The summed E-state index contributed by atoms with van der Waals surface area (Å²) in [6.07, 6.45) is 0.